The highest BCUT2D eigenvalue weighted by Gasteiger charge is 2.22. The summed E-state index contributed by atoms with van der Waals surface area (Å²) in [4.78, 5) is 6.50. The second-order valence-electron chi connectivity index (χ2n) is 7.77. The number of hydrogen-bond donors (Lipinski definition) is 1. The van der Waals surface area contributed by atoms with Crippen LogP contribution in [-0.4, -0.2) is 51.8 Å². The number of halogens is 1. The molecule has 0 spiro atoms. The summed E-state index contributed by atoms with van der Waals surface area (Å²) in [5.41, 5.74) is 11.8. The smallest absolute Gasteiger partial charge is 0.123 e. The molecule has 1 atom stereocenters. The Hall–Kier alpha value is -3.13. The number of ether oxygens (including phenoxy) is 1. The first-order valence-electron chi connectivity index (χ1n) is 10.4. The second kappa shape index (κ2) is 8.55. The number of pyridine rings is 2. The van der Waals surface area contributed by atoms with Crippen LogP contribution in [0.3, 0.4) is 0 Å². The van der Waals surface area contributed by atoms with Crippen molar-refractivity contribution >= 4 is 5.52 Å². The Balaban J connectivity index is 1.58. The molecule has 1 saturated heterocycles. The van der Waals surface area contributed by atoms with Crippen molar-refractivity contribution < 1.29 is 9.13 Å². The molecule has 1 fully saturated rings. The summed E-state index contributed by atoms with van der Waals surface area (Å²) in [7, 11) is 0. The van der Waals surface area contributed by atoms with Crippen LogP contribution < -0.4 is 5.73 Å². The summed E-state index contributed by atoms with van der Waals surface area (Å²) in [5, 5.41) is 4.89. The average molecular weight is 417 g/mol. The maximum absolute atomic E-state index is 13.5. The fourth-order valence-corrected chi connectivity index (χ4v) is 4.15. The minimum absolute atomic E-state index is 0.226. The molecule has 1 aliphatic heterocycles. The highest BCUT2D eigenvalue weighted by Crippen LogP contribution is 2.35. The summed E-state index contributed by atoms with van der Waals surface area (Å²) in [6.45, 7) is 3.62. The van der Waals surface area contributed by atoms with E-state index < -0.39 is 0 Å². The Morgan fingerprint density at radius 3 is 2.61 bits per heavy atom. The fourth-order valence-electron chi connectivity index (χ4n) is 4.15. The molecule has 3 aromatic heterocycles. The van der Waals surface area contributed by atoms with E-state index in [2.05, 4.69) is 28.2 Å². The predicted molar refractivity (Wildman–Crippen MR) is 118 cm³/mol. The van der Waals surface area contributed by atoms with E-state index in [1.54, 1.807) is 24.5 Å². The molecule has 4 aromatic rings. The molecule has 0 aliphatic carbocycles. The summed E-state index contributed by atoms with van der Waals surface area (Å²) in [5.74, 6) is -0.264. The monoisotopic (exact) mass is 417 g/mol. The van der Waals surface area contributed by atoms with Gasteiger partial charge in [0.1, 0.15) is 11.5 Å². The zero-order valence-corrected chi connectivity index (χ0v) is 17.1. The third-order valence-electron chi connectivity index (χ3n) is 5.78. The average Bonchev–Trinajstić information content (AvgIpc) is 3.19. The lowest BCUT2D eigenvalue weighted by molar-refractivity contribution is -0.00798. The van der Waals surface area contributed by atoms with Gasteiger partial charge in [-0.3, -0.25) is 9.88 Å². The second-order valence-corrected chi connectivity index (χ2v) is 7.77. The van der Waals surface area contributed by atoms with E-state index in [1.165, 1.54) is 12.1 Å². The molecule has 1 aliphatic rings. The third kappa shape index (κ3) is 3.95. The third-order valence-corrected chi connectivity index (χ3v) is 5.78. The van der Waals surface area contributed by atoms with Crippen LogP contribution in [0.1, 0.15) is 5.56 Å². The number of hydrogen-bond acceptors (Lipinski definition) is 5. The Morgan fingerprint density at radius 2 is 1.84 bits per heavy atom. The number of benzene rings is 1. The molecule has 5 rings (SSSR count). The molecule has 0 amide bonds. The first-order valence-corrected chi connectivity index (χ1v) is 10.4. The van der Waals surface area contributed by atoms with Gasteiger partial charge in [-0.2, -0.15) is 5.10 Å². The number of nitrogens with zero attached hydrogens (tertiary/aromatic N) is 4. The molecule has 0 saturated carbocycles. The molecule has 6 nitrogen and oxygen atoms in total. The largest absolute Gasteiger partial charge is 0.378 e. The Labute approximate surface area is 180 Å². The van der Waals surface area contributed by atoms with Crippen LogP contribution in [0.5, 0.6) is 0 Å². The lowest BCUT2D eigenvalue weighted by Gasteiger charge is -2.34. The van der Waals surface area contributed by atoms with Gasteiger partial charge in [0.25, 0.3) is 0 Å². The quantitative estimate of drug-likeness (QED) is 0.539. The number of rotatable bonds is 5. The Kier molecular flexibility index (Phi) is 5.46. The molecular formula is C24H24FN5O. The molecule has 31 heavy (non-hydrogen) atoms. The van der Waals surface area contributed by atoms with Crippen LogP contribution in [0.15, 0.2) is 67.1 Å². The highest BCUT2D eigenvalue weighted by atomic mass is 19.1. The molecular weight excluding hydrogens is 393 g/mol. The van der Waals surface area contributed by atoms with Crippen LogP contribution in [0.25, 0.3) is 27.9 Å². The van der Waals surface area contributed by atoms with Gasteiger partial charge in [0.15, 0.2) is 0 Å². The lowest BCUT2D eigenvalue weighted by atomic mass is 10.0. The molecule has 1 aromatic carbocycles. The van der Waals surface area contributed by atoms with Gasteiger partial charge >= 0.3 is 0 Å². The topological polar surface area (TPSA) is 68.7 Å². The Bertz CT molecular complexity index is 1180. The van der Waals surface area contributed by atoms with Crippen LogP contribution in [0.2, 0.25) is 0 Å². The SMILES string of the molecule is NC[C@@H]1COCCN1Cc1ccc2c(-c3ccncc3)c(-c3ccc(F)cc3)nn2c1. The summed E-state index contributed by atoms with van der Waals surface area (Å²) >= 11 is 0. The van der Waals surface area contributed by atoms with Crippen molar-refractivity contribution in [2.75, 3.05) is 26.3 Å². The van der Waals surface area contributed by atoms with E-state index in [4.69, 9.17) is 15.6 Å². The summed E-state index contributed by atoms with van der Waals surface area (Å²) in [6.07, 6.45) is 5.61. The lowest BCUT2D eigenvalue weighted by Crippen LogP contribution is -2.48. The van der Waals surface area contributed by atoms with Crippen LogP contribution in [-0.2, 0) is 11.3 Å². The van der Waals surface area contributed by atoms with Gasteiger partial charge in [0.05, 0.1) is 18.7 Å². The predicted octanol–water partition coefficient (Wildman–Crippen LogP) is 3.36. The van der Waals surface area contributed by atoms with E-state index in [0.29, 0.717) is 13.2 Å². The van der Waals surface area contributed by atoms with E-state index in [-0.39, 0.29) is 11.9 Å². The number of nitrogens with two attached hydrogens (primary N) is 1. The van der Waals surface area contributed by atoms with Crippen LogP contribution >= 0.6 is 0 Å². The van der Waals surface area contributed by atoms with Gasteiger partial charge < -0.3 is 10.5 Å². The molecule has 0 bridgehead atoms. The molecule has 0 unspecified atom stereocenters. The standard InChI is InChI=1S/C24H24FN5O/c25-20-4-2-19(3-5-20)24-23(18-7-9-27-10-8-18)22-6-1-17(15-30(22)28-24)14-29-11-12-31-16-21(29)13-26/h1-10,15,21H,11-14,16,26H2/t21-/m1/s1. The van der Waals surface area contributed by atoms with Crippen molar-refractivity contribution in [2.24, 2.45) is 5.73 Å². The summed E-state index contributed by atoms with van der Waals surface area (Å²) in [6, 6.07) is 14.9. The summed E-state index contributed by atoms with van der Waals surface area (Å²) < 4.78 is 21.0. The molecule has 2 N–H and O–H groups in total. The first-order chi connectivity index (χ1) is 15.2. The van der Waals surface area contributed by atoms with Crippen molar-refractivity contribution in [1.82, 2.24) is 19.5 Å². The first kappa shape index (κ1) is 19.8. The van der Waals surface area contributed by atoms with Gasteiger partial charge in [0.2, 0.25) is 0 Å². The van der Waals surface area contributed by atoms with Crippen LogP contribution in [0, 0.1) is 5.82 Å². The minimum Gasteiger partial charge on any atom is -0.378 e. The number of morpholine rings is 1. The zero-order valence-electron chi connectivity index (χ0n) is 17.1. The maximum Gasteiger partial charge on any atom is 0.123 e. The molecule has 158 valence electrons. The van der Waals surface area contributed by atoms with Gasteiger partial charge in [-0.25, -0.2) is 8.91 Å². The zero-order chi connectivity index (χ0) is 21.2. The van der Waals surface area contributed by atoms with E-state index >= 15 is 0 Å². The van der Waals surface area contributed by atoms with Gasteiger partial charge in [-0.15, -0.1) is 0 Å². The Morgan fingerprint density at radius 1 is 1.03 bits per heavy atom. The van der Waals surface area contributed by atoms with Crippen molar-refractivity contribution in [2.45, 2.75) is 12.6 Å². The van der Waals surface area contributed by atoms with E-state index in [9.17, 15) is 4.39 Å². The molecule has 0 radical (unpaired) electrons. The number of aromatic nitrogens is 3. The van der Waals surface area contributed by atoms with Gasteiger partial charge in [-0.1, -0.05) is 6.07 Å². The molecule has 4 heterocycles. The van der Waals surface area contributed by atoms with Crippen molar-refractivity contribution in [3.8, 4) is 22.4 Å². The number of fused-ring (bicyclic) bond motifs is 1. The minimum atomic E-state index is -0.264. The van der Waals surface area contributed by atoms with E-state index in [0.717, 1.165) is 53.2 Å². The van der Waals surface area contributed by atoms with Crippen molar-refractivity contribution in [3.05, 3.63) is 78.5 Å². The normalized spacial score (nSPS) is 17.3. The van der Waals surface area contributed by atoms with Crippen molar-refractivity contribution in [1.29, 1.82) is 0 Å². The van der Waals surface area contributed by atoms with Gasteiger partial charge in [-0.05, 0) is 53.6 Å². The highest BCUT2D eigenvalue weighted by molar-refractivity contribution is 5.92. The van der Waals surface area contributed by atoms with E-state index in [1.807, 2.05) is 16.6 Å². The maximum atomic E-state index is 13.5. The fraction of sp³-hybridized carbons (Fsp3) is 0.250. The molecule has 7 heteroatoms. The van der Waals surface area contributed by atoms with Crippen LogP contribution in [0.4, 0.5) is 4.39 Å². The van der Waals surface area contributed by atoms with Crippen molar-refractivity contribution in [3.63, 3.8) is 0 Å². The van der Waals surface area contributed by atoms with Gasteiger partial charge in [0, 0.05) is 55.4 Å².